The summed E-state index contributed by atoms with van der Waals surface area (Å²) in [4.78, 5) is 14.7. The third-order valence-corrected chi connectivity index (χ3v) is 6.82. The van der Waals surface area contributed by atoms with Gasteiger partial charge in [0, 0.05) is 16.6 Å². The number of amides is 1. The monoisotopic (exact) mass is 425 g/mol. The van der Waals surface area contributed by atoms with E-state index < -0.39 is 27.6 Å². The summed E-state index contributed by atoms with van der Waals surface area (Å²) in [5, 5.41) is 0.191. The second kappa shape index (κ2) is 8.49. The van der Waals surface area contributed by atoms with Gasteiger partial charge in [-0.15, -0.1) is 0 Å². The van der Waals surface area contributed by atoms with Crippen molar-refractivity contribution in [3.63, 3.8) is 0 Å². The van der Waals surface area contributed by atoms with Gasteiger partial charge >= 0.3 is 0 Å². The molecule has 3 rings (SSSR count). The first-order chi connectivity index (χ1) is 13.3. The highest BCUT2D eigenvalue weighted by Gasteiger charge is 2.36. The van der Waals surface area contributed by atoms with Crippen molar-refractivity contribution < 1.29 is 22.3 Å². The van der Waals surface area contributed by atoms with E-state index in [1.807, 2.05) is 6.92 Å². The van der Waals surface area contributed by atoms with Crippen molar-refractivity contribution >= 4 is 27.3 Å². The smallest absolute Gasteiger partial charge is 0.258 e. The molecule has 1 aliphatic heterocycles. The molecule has 5 nitrogen and oxygen atoms in total. The SMILES string of the molecule is CCOc1ccccc1C(=O)N(Cc1c(F)cccc1Cl)C1CCS(=O)(=O)C1. The highest BCUT2D eigenvalue weighted by atomic mass is 35.5. The van der Waals surface area contributed by atoms with Crippen LogP contribution in [0.5, 0.6) is 5.75 Å². The molecule has 0 radical (unpaired) electrons. The number of halogens is 2. The Morgan fingerprint density at radius 1 is 1.25 bits per heavy atom. The molecule has 1 amide bonds. The van der Waals surface area contributed by atoms with Crippen LogP contribution in [0.1, 0.15) is 29.3 Å². The van der Waals surface area contributed by atoms with Crippen LogP contribution in [0.15, 0.2) is 42.5 Å². The zero-order valence-corrected chi connectivity index (χ0v) is 17.0. The molecule has 1 unspecified atom stereocenters. The van der Waals surface area contributed by atoms with E-state index in [0.29, 0.717) is 24.3 Å². The van der Waals surface area contributed by atoms with Gasteiger partial charge in [0.05, 0.1) is 30.2 Å². The molecule has 0 saturated carbocycles. The molecule has 0 bridgehead atoms. The highest BCUT2D eigenvalue weighted by Crippen LogP contribution is 2.29. The molecule has 0 aromatic heterocycles. The van der Waals surface area contributed by atoms with E-state index in [0.717, 1.165) is 0 Å². The Morgan fingerprint density at radius 3 is 2.64 bits per heavy atom. The van der Waals surface area contributed by atoms with E-state index in [-0.39, 0.29) is 28.6 Å². The first-order valence-corrected chi connectivity index (χ1v) is 11.2. The number of para-hydroxylation sites is 1. The third-order valence-electron chi connectivity index (χ3n) is 4.72. The Hall–Kier alpha value is -2.12. The van der Waals surface area contributed by atoms with Crippen LogP contribution in [0.3, 0.4) is 0 Å². The molecule has 28 heavy (non-hydrogen) atoms. The van der Waals surface area contributed by atoms with Crippen molar-refractivity contribution in [2.24, 2.45) is 0 Å². The standard InChI is InChI=1S/C20H21ClFNO4S/c1-2-27-19-9-4-3-6-15(19)20(24)23(14-10-11-28(25,26)13-14)12-16-17(21)7-5-8-18(16)22/h3-9,14H,2,10-13H2,1H3. The lowest BCUT2D eigenvalue weighted by Gasteiger charge is -2.29. The Bertz CT molecular complexity index is 960. The van der Waals surface area contributed by atoms with Crippen LogP contribution < -0.4 is 4.74 Å². The predicted octanol–water partition coefficient (Wildman–Crippen LogP) is 3.71. The molecule has 150 valence electrons. The van der Waals surface area contributed by atoms with Gasteiger partial charge in [-0.3, -0.25) is 4.79 Å². The largest absolute Gasteiger partial charge is 0.493 e. The first-order valence-electron chi connectivity index (χ1n) is 8.98. The quantitative estimate of drug-likeness (QED) is 0.707. The maximum absolute atomic E-state index is 14.4. The fraction of sp³-hybridized carbons (Fsp3) is 0.350. The average molecular weight is 426 g/mol. The fourth-order valence-corrected chi connectivity index (χ4v) is 5.27. The lowest BCUT2D eigenvalue weighted by Crippen LogP contribution is -2.41. The number of carbonyl (C=O) groups is 1. The van der Waals surface area contributed by atoms with E-state index in [2.05, 4.69) is 0 Å². The van der Waals surface area contributed by atoms with Gasteiger partial charge < -0.3 is 9.64 Å². The fourth-order valence-electron chi connectivity index (χ4n) is 3.32. The van der Waals surface area contributed by atoms with Crippen molar-refractivity contribution in [3.05, 3.63) is 64.4 Å². The zero-order valence-electron chi connectivity index (χ0n) is 15.4. The number of sulfone groups is 1. The summed E-state index contributed by atoms with van der Waals surface area (Å²) in [5.74, 6) is -0.698. The average Bonchev–Trinajstić information content (AvgIpc) is 3.01. The molecule has 8 heteroatoms. The normalized spacial score (nSPS) is 18.0. The van der Waals surface area contributed by atoms with Gasteiger partial charge in [0.2, 0.25) is 0 Å². The molecule has 1 saturated heterocycles. The van der Waals surface area contributed by atoms with Gasteiger partial charge in [-0.2, -0.15) is 0 Å². The number of benzene rings is 2. The van der Waals surface area contributed by atoms with Crippen molar-refractivity contribution in [1.29, 1.82) is 0 Å². The molecule has 0 N–H and O–H groups in total. The van der Waals surface area contributed by atoms with Gasteiger partial charge in [-0.05, 0) is 37.6 Å². The molecular weight excluding hydrogens is 405 g/mol. The summed E-state index contributed by atoms with van der Waals surface area (Å²) in [5.41, 5.74) is 0.469. The number of hydrogen-bond donors (Lipinski definition) is 0. The van der Waals surface area contributed by atoms with Gasteiger partial charge in [0.1, 0.15) is 11.6 Å². The molecule has 0 aliphatic carbocycles. The summed E-state index contributed by atoms with van der Waals surface area (Å²) in [7, 11) is -3.24. The Balaban J connectivity index is 2.00. The Labute approximate surface area is 169 Å². The van der Waals surface area contributed by atoms with E-state index in [4.69, 9.17) is 16.3 Å². The van der Waals surface area contributed by atoms with Crippen molar-refractivity contribution in [1.82, 2.24) is 4.90 Å². The summed E-state index contributed by atoms with van der Waals surface area (Å²) >= 11 is 6.15. The van der Waals surface area contributed by atoms with Crippen LogP contribution in [-0.2, 0) is 16.4 Å². The topological polar surface area (TPSA) is 63.7 Å². The second-order valence-electron chi connectivity index (χ2n) is 6.62. The van der Waals surface area contributed by atoms with Crippen LogP contribution in [0.4, 0.5) is 4.39 Å². The van der Waals surface area contributed by atoms with Crippen LogP contribution >= 0.6 is 11.6 Å². The molecule has 2 aromatic carbocycles. The van der Waals surface area contributed by atoms with Crippen LogP contribution in [-0.4, -0.2) is 43.4 Å². The lowest BCUT2D eigenvalue weighted by molar-refractivity contribution is 0.0675. The van der Waals surface area contributed by atoms with Gasteiger partial charge in [-0.25, -0.2) is 12.8 Å². The lowest BCUT2D eigenvalue weighted by atomic mass is 10.1. The minimum Gasteiger partial charge on any atom is -0.493 e. The van der Waals surface area contributed by atoms with Crippen LogP contribution in [0, 0.1) is 5.82 Å². The molecule has 1 fully saturated rings. The van der Waals surface area contributed by atoms with Gasteiger partial charge in [0.15, 0.2) is 9.84 Å². The maximum atomic E-state index is 14.4. The maximum Gasteiger partial charge on any atom is 0.258 e. The second-order valence-corrected chi connectivity index (χ2v) is 9.26. The van der Waals surface area contributed by atoms with Crippen molar-refractivity contribution in [3.8, 4) is 5.75 Å². The summed E-state index contributed by atoms with van der Waals surface area (Å²) < 4.78 is 43.9. The predicted molar refractivity (Wildman–Crippen MR) is 106 cm³/mol. The number of carbonyl (C=O) groups excluding carboxylic acids is 1. The van der Waals surface area contributed by atoms with E-state index >= 15 is 0 Å². The number of ether oxygens (including phenoxy) is 1. The van der Waals surface area contributed by atoms with E-state index in [1.165, 1.54) is 17.0 Å². The number of nitrogens with zero attached hydrogens (tertiary/aromatic N) is 1. The third kappa shape index (κ3) is 4.47. The first kappa shape index (κ1) is 20.6. The molecule has 0 spiro atoms. The van der Waals surface area contributed by atoms with Crippen LogP contribution in [0.25, 0.3) is 0 Å². The molecule has 1 aliphatic rings. The van der Waals surface area contributed by atoms with Crippen molar-refractivity contribution in [2.45, 2.75) is 25.9 Å². The Morgan fingerprint density at radius 2 is 2.00 bits per heavy atom. The van der Waals surface area contributed by atoms with Gasteiger partial charge in [-0.1, -0.05) is 29.8 Å². The summed E-state index contributed by atoms with van der Waals surface area (Å²) in [6.07, 6.45) is 0.303. The van der Waals surface area contributed by atoms with E-state index in [9.17, 15) is 17.6 Å². The van der Waals surface area contributed by atoms with Crippen molar-refractivity contribution in [2.75, 3.05) is 18.1 Å². The summed E-state index contributed by atoms with van der Waals surface area (Å²) in [6.45, 7) is 2.06. The Kier molecular flexibility index (Phi) is 6.25. The van der Waals surface area contributed by atoms with E-state index in [1.54, 1.807) is 30.3 Å². The highest BCUT2D eigenvalue weighted by molar-refractivity contribution is 7.91. The van der Waals surface area contributed by atoms with Crippen LogP contribution in [0.2, 0.25) is 5.02 Å². The number of hydrogen-bond acceptors (Lipinski definition) is 4. The molecule has 2 aromatic rings. The molecular formula is C20H21ClFNO4S. The molecule has 1 heterocycles. The number of rotatable bonds is 6. The van der Waals surface area contributed by atoms with Gasteiger partial charge in [0.25, 0.3) is 5.91 Å². The minimum atomic E-state index is -3.24. The minimum absolute atomic E-state index is 0.000439. The summed E-state index contributed by atoms with van der Waals surface area (Å²) in [6, 6.07) is 10.5. The molecule has 1 atom stereocenters. The zero-order chi connectivity index (χ0) is 20.3.